The van der Waals surface area contributed by atoms with Crippen LogP contribution < -0.4 is 10.6 Å². The Morgan fingerprint density at radius 2 is 2.18 bits per heavy atom. The van der Waals surface area contributed by atoms with Crippen molar-refractivity contribution in [1.29, 1.82) is 0 Å². The first-order valence-corrected chi connectivity index (χ1v) is 7.70. The summed E-state index contributed by atoms with van der Waals surface area (Å²) in [5, 5.41) is 9.66. The zero-order chi connectivity index (χ0) is 11.9. The van der Waals surface area contributed by atoms with E-state index in [2.05, 4.69) is 28.1 Å². The van der Waals surface area contributed by atoms with Crippen LogP contribution >= 0.6 is 23.6 Å². The van der Waals surface area contributed by atoms with E-state index in [1.807, 2.05) is 0 Å². The third kappa shape index (κ3) is 4.64. The van der Waals surface area contributed by atoms with Crippen LogP contribution in [0.15, 0.2) is 17.5 Å². The molecule has 0 spiro atoms. The van der Waals surface area contributed by atoms with Crippen LogP contribution in [0.3, 0.4) is 0 Å². The quantitative estimate of drug-likeness (QED) is 0.821. The predicted molar refractivity (Wildman–Crippen MR) is 78.6 cm³/mol. The molecular weight excluding hydrogens is 248 g/mol. The van der Waals surface area contributed by atoms with Crippen molar-refractivity contribution in [2.75, 3.05) is 6.54 Å². The maximum Gasteiger partial charge on any atom is 0.166 e. The van der Waals surface area contributed by atoms with Gasteiger partial charge in [0.05, 0.1) is 0 Å². The predicted octanol–water partition coefficient (Wildman–Crippen LogP) is 3.09. The van der Waals surface area contributed by atoms with E-state index in [1.165, 1.54) is 37.0 Å². The van der Waals surface area contributed by atoms with Gasteiger partial charge >= 0.3 is 0 Å². The fourth-order valence-electron chi connectivity index (χ4n) is 2.24. The van der Waals surface area contributed by atoms with Gasteiger partial charge in [-0.2, -0.15) is 0 Å². The van der Waals surface area contributed by atoms with E-state index in [-0.39, 0.29) is 0 Å². The molecule has 2 nitrogen and oxygen atoms in total. The molecule has 2 rings (SSSR count). The topological polar surface area (TPSA) is 24.1 Å². The van der Waals surface area contributed by atoms with Crippen LogP contribution in [0.1, 0.15) is 37.0 Å². The van der Waals surface area contributed by atoms with Gasteiger partial charge in [0.2, 0.25) is 0 Å². The molecule has 0 aliphatic heterocycles. The first-order chi connectivity index (χ1) is 8.34. The van der Waals surface area contributed by atoms with E-state index >= 15 is 0 Å². The highest BCUT2D eigenvalue weighted by atomic mass is 32.1. The van der Waals surface area contributed by atoms with Crippen molar-refractivity contribution >= 4 is 28.7 Å². The summed E-state index contributed by atoms with van der Waals surface area (Å²) < 4.78 is 0. The number of rotatable bonds is 4. The Balaban J connectivity index is 1.60. The summed E-state index contributed by atoms with van der Waals surface area (Å²) in [6, 6.07) is 4.87. The molecule has 0 amide bonds. The Kier molecular flexibility index (Phi) is 5.26. The maximum atomic E-state index is 5.31. The SMILES string of the molecule is S=C(NCCc1cccs1)NC1CCCCC1. The van der Waals surface area contributed by atoms with Crippen molar-refractivity contribution in [2.24, 2.45) is 0 Å². The molecule has 1 fully saturated rings. The summed E-state index contributed by atoms with van der Waals surface area (Å²) in [5.41, 5.74) is 0. The molecule has 0 unspecified atom stereocenters. The van der Waals surface area contributed by atoms with Crippen LogP contribution in [0.4, 0.5) is 0 Å². The molecule has 17 heavy (non-hydrogen) atoms. The highest BCUT2D eigenvalue weighted by Gasteiger charge is 2.13. The molecule has 0 saturated heterocycles. The molecule has 0 atom stereocenters. The minimum absolute atomic E-state index is 0.602. The van der Waals surface area contributed by atoms with Gasteiger partial charge in [-0.15, -0.1) is 11.3 Å². The Hall–Kier alpha value is -0.610. The van der Waals surface area contributed by atoms with Gasteiger partial charge in [0.25, 0.3) is 0 Å². The number of nitrogens with one attached hydrogen (secondary N) is 2. The summed E-state index contributed by atoms with van der Waals surface area (Å²) >= 11 is 7.12. The van der Waals surface area contributed by atoms with Gasteiger partial charge < -0.3 is 10.6 Å². The molecule has 0 radical (unpaired) electrons. The number of thiocarbonyl (C=S) groups is 1. The molecule has 2 N–H and O–H groups in total. The molecule has 4 heteroatoms. The number of thiophene rings is 1. The van der Waals surface area contributed by atoms with Gasteiger partial charge in [0.15, 0.2) is 5.11 Å². The summed E-state index contributed by atoms with van der Waals surface area (Å²) in [6.45, 7) is 0.930. The van der Waals surface area contributed by atoms with Crippen LogP contribution in [0.2, 0.25) is 0 Å². The number of hydrogen-bond donors (Lipinski definition) is 2. The molecule has 1 aromatic rings. The van der Waals surface area contributed by atoms with Crippen molar-refractivity contribution in [1.82, 2.24) is 10.6 Å². The van der Waals surface area contributed by atoms with Crippen molar-refractivity contribution in [3.8, 4) is 0 Å². The van der Waals surface area contributed by atoms with Gasteiger partial charge in [-0.25, -0.2) is 0 Å². The van der Waals surface area contributed by atoms with Crippen LogP contribution in [0, 0.1) is 0 Å². The van der Waals surface area contributed by atoms with E-state index in [9.17, 15) is 0 Å². The highest BCUT2D eigenvalue weighted by molar-refractivity contribution is 7.80. The average Bonchev–Trinajstić information content (AvgIpc) is 2.83. The van der Waals surface area contributed by atoms with Crippen LogP contribution in [-0.4, -0.2) is 17.7 Å². The van der Waals surface area contributed by atoms with Crippen molar-refractivity contribution in [2.45, 2.75) is 44.6 Å². The molecule has 1 aromatic heterocycles. The third-order valence-electron chi connectivity index (χ3n) is 3.18. The summed E-state index contributed by atoms with van der Waals surface area (Å²) in [6.07, 6.45) is 7.67. The normalized spacial score (nSPS) is 16.7. The van der Waals surface area contributed by atoms with Crippen molar-refractivity contribution < 1.29 is 0 Å². The smallest absolute Gasteiger partial charge is 0.166 e. The second-order valence-electron chi connectivity index (χ2n) is 4.56. The van der Waals surface area contributed by atoms with Gasteiger partial charge in [-0.3, -0.25) is 0 Å². The van der Waals surface area contributed by atoms with Crippen LogP contribution in [0.5, 0.6) is 0 Å². The van der Waals surface area contributed by atoms with Gasteiger partial charge in [-0.05, 0) is 42.9 Å². The average molecular weight is 268 g/mol. The fraction of sp³-hybridized carbons (Fsp3) is 0.615. The molecule has 1 aliphatic carbocycles. The Morgan fingerprint density at radius 3 is 2.88 bits per heavy atom. The lowest BCUT2D eigenvalue weighted by Crippen LogP contribution is -2.43. The largest absolute Gasteiger partial charge is 0.362 e. The lowest BCUT2D eigenvalue weighted by Gasteiger charge is -2.24. The minimum Gasteiger partial charge on any atom is -0.362 e. The van der Waals surface area contributed by atoms with E-state index in [0.717, 1.165) is 18.1 Å². The lowest BCUT2D eigenvalue weighted by atomic mass is 9.96. The Labute approximate surface area is 113 Å². The molecule has 1 heterocycles. The molecule has 0 aromatic carbocycles. The fourth-order valence-corrected chi connectivity index (χ4v) is 3.22. The standard InChI is InChI=1S/C13H20N2S2/c16-13(15-11-5-2-1-3-6-11)14-9-8-12-7-4-10-17-12/h4,7,10-11H,1-3,5-6,8-9H2,(H2,14,15,16). The van der Waals surface area contributed by atoms with E-state index in [4.69, 9.17) is 12.2 Å². The number of hydrogen-bond acceptors (Lipinski definition) is 2. The monoisotopic (exact) mass is 268 g/mol. The van der Waals surface area contributed by atoms with Crippen LogP contribution in [0.25, 0.3) is 0 Å². The first-order valence-electron chi connectivity index (χ1n) is 6.41. The van der Waals surface area contributed by atoms with E-state index in [1.54, 1.807) is 11.3 Å². The van der Waals surface area contributed by atoms with Crippen molar-refractivity contribution in [3.63, 3.8) is 0 Å². The summed E-state index contributed by atoms with van der Waals surface area (Å²) in [7, 11) is 0. The van der Waals surface area contributed by atoms with Crippen LogP contribution in [-0.2, 0) is 6.42 Å². The highest BCUT2D eigenvalue weighted by Crippen LogP contribution is 2.17. The molecule has 0 bridgehead atoms. The maximum absolute atomic E-state index is 5.31. The van der Waals surface area contributed by atoms with E-state index < -0.39 is 0 Å². The first kappa shape index (κ1) is 12.8. The minimum atomic E-state index is 0.602. The summed E-state index contributed by atoms with van der Waals surface area (Å²) in [5.74, 6) is 0. The van der Waals surface area contributed by atoms with Gasteiger partial charge in [-0.1, -0.05) is 25.3 Å². The second kappa shape index (κ2) is 6.97. The molecule has 1 aliphatic rings. The zero-order valence-electron chi connectivity index (χ0n) is 10.1. The zero-order valence-corrected chi connectivity index (χ0v) is 11.7. The van der Waals surface area contributed by atoms with Gasteiger partial charge in [0.1, 0.15) is 0 Å². The van der Waals surface area contributed by atoms with E-state index in [0.29, 0.717) is 6.04 Å². The van der Waals surface area contributed by atoms with Crippen molar-refractivity contribution in [3.05, 3.63) is 22.4 Å². The Bertz CT molecular complexity index is 329. The second-order valence-corrected chi connectivity index (χ2v) is 6.01. The molecular formula is C13H20N2S2. The lowest BCUT2D eigenvalue weighted by molar-refractivity contribution is 0.412. The Morgan fingerprint density at radius 1 is 1.35 bits per heavy atom. The molecule has 1 saturated carbocycles. The molecule has 94 valence electrons. The summed E-state index contributed by atoms with van der Waals surface area (Å²) in [4.78, 5) is 1.41. The third-order valence-corrected chi connectivity index (χ3v) is 4.38. The van der Waals surface area contributed by atoms with Gasteiger partial charge in [0, 0.05) is 17.5 Å².